The van der Waals surface area contributed by atoms with Gasteiger partial charge in [-0.25, -0.2) is 8.42 Å². The highest BCUT2D eigenvalue weighted by atomic mass is 32.2. The first-order valence-electron chi connectivity index (χ1n) is 7.15. The molecule has 2 atom stereocenters. The summed E-state index contributed by atoms with van der Waals surface area (Å²) in [6.45, 7) is 2.89. The third-order valence-corrected chi connectivity index (χ3v) is 6.31. The first kappa shape index (κ1) is 14.3. The lowest BCUT2D eigenvalue weighted by atomic mass is 9.92. The summed E-state index contributed by atoms with van der Waals surface area (Å²) in [6, 6.07) is 0.277. The van der Waals surface area contributed by atoms with Gasteiger partial charge in [0.2, 0.25) is 0 Å². The molecule has 2 aliphatic rings. The van der Waals surface area contributed by atoms with Crippen LogP contribution in [0.5, 0.6) is 0 Å². The van der Waals surface area contributed by atoms with Crippen LogP contribution in [0.3, 0.4) is 0 Å². The Morgan fingerprint density at radius 3 is 2.39 bits per heavy atom. The van der Waals surface area contributed by atoms with E-state index in [-0.39, 0.29) is 11.3 Å². The molecule has 4 nitrogen and oxygen atoms in total. The highest BCUT2D eigenvalue weighted by Crippen LogP contribution is 2.32. The molecule has 1 heterocycles. The third kappa shape index (κ3) is 3.25. The van der Waals surface area contributed by atoms with E-state index in [9.17, 15) is 8.42 Å². The van der Waals surface area contributed by atoms with Gasteiger partial charge in [0, 0.05) is 12.3 Å². The number of likely N-dealkylation sites (tertiary alicyclic amines) is 1. The Labute approximate surface area is 111 Å². The molecule has 0 radical (unpaired) electrons. The van der Waals surface area contributed by atoms with Crippen molar-refractivity contribution < 1.29 is 8.42 Å². The van der Waals surface area contributed by atoms with Gasteiger partial charge < -0.3 is 5.73 Å². The monoisotopic (exact) mass is 274 g/mol. The van der Waals surface area contributed by atoms with Gasteiger partial charge in [-0.3, -0.25) is 4.90 Å². The molecule has 0 aromatic rings. The predicted octanol–water partition coefficient (Wildman–Crippen LogP) is 1.01. The van der Waals surface area contributed by atoms with Crippen molar-refractivity contribution in [2.24, 2.45) is 11.7 Å². The molecule has 5 heteroatoms. The van der Waals surface area contributed by atoms with Gasteiger partial charge in [0.1, 0.15) is 0 Å². The molecular weight excluding hydrogens is 248 g/mol. The van der Waals surface area contributed by atoms with Gasteiger partial charge in [-0.2, -0.15) is 0 Å². The van der Waals surface area contributed by atoms with Gasteiger partial charge in [-0.15, -0.1) is 0 Å². The third-order valence-electron chi connectivity index (χ3n) is 4.66. The summed E-state index contributed by atoms with van der Waals surface area (Å²) in [7, 11) is -2.89. The molecule has 2 N–H and O–H groups in total. The van der Waals surface area contributed by atoms with E-state index in [4.69, 9.17) is 5.73 Å². The van der Waals surface area contributed by atoms with Crippen molar-refractivity contribution in [1.29, 1.82) is 0 Å². The van der Waals surface area contributed by atoms with Crippen LogP contribution in [-0.2, 0) is 9.84 Å². The van der Waals surface area contributed by atoms with Crippen molar-refractivity contribution in [3.63, 3.8) is 0 Å². The van der Waals surface area contributed by atoms with Crippen LogP contribution in [0.2, 0.25) is 0 Å². The number of rotatable bonds is 4. The molecular formula is C13H26N2O2S. The molecule has 2 rings (SSSR count). The quantitative estimate of drug-likeness (QED) is 0.831. The highest BCUT2D eigenvalue weighted by molar-refractivity contribution is 7.91. The molecule has 1 saturated heterocycles. The fraction of sp³-hybridized carbons (Fsp3) is 1.00. The van der Waals surface area contributed by atoms with E-state index < -0.39 is 9.84 Å². The molecule has 0 aromatic carbocycles. The van der Waals surface area contributed by atoms with E-state index >= 15 is 0 Å². The van der Waals surface area contributed by atoms with E-state index in [1.165, 1.54) is 19.1 Å². The van der Waals surface area contributed by atoms with E-state index in [0.29, 0.717) is 0 Å². The molecule has 1 aliphatic heterocycles. The van der Waals surface area contributed by atoms with Gasteiger partial charge in [0.05, 0.1) is 5.25 Å². The Bertz CT molecular complexity index is 361. The van der Waals surface area contributed by atoms with Crippen molar-refractivity contribution in [3.05, 3.63) is 0 Å². The van der Waals surface area contributed by atoms with E-state index in [1.807, 2.05) is 0 Å². The lowest BCUT2D eigenvalue weighted by molar-refractivity contribution is 0.133. The summed E-state index contributed by atoms with van der Waals surface area (Å²) in [5.41, 5.74) is 5.60. The van der Waals surface area contributed by atoms with E-state index in [1.54, 1.807) is 0 Å². The normalized spacial score (nSPS) is 31.9. The van der Waals surface area contributed by atoms with Crippen LogP contribution in [0, 0.1) is 5.92 Å². The predicted molar refractivity (Wildman–Crippen MR) is 74.2 cm³/mol. The van der Waals surface area contributed by atoms with Crippen molar-refractivity contribution in [1.82, 2.24) is 4.90 Å². The lowest BCUT2D eigenvalue weighted by Gasteiger charge is -2.38. The summed E-state index contributed by atoms with van der Waals surface area (Å²) >= 11 is 0. The number of hydrogen-bond acceptors (Lipinski definition) is 4. The van der Waals surface area contributed by atoms with Crippen LogP contribution in [0.15, 0.2) is 0 Å². The standard InChI is InChI=1S/C13H26N2O2S/c1-18(16,17)13-4-2-3-12(13)15-9-6-11(5-8-14)7-10-15/h11-13H,2-10,14H2,1H3. The fourth-order valence-electron chi connectivity index (χ4n) is 3.63. The van der Waals surface area contributed by atoms with E-state index in [0.717, 1.165) is 51.2 Å². The zero-order chi connectivity index (χ0) is 13.2. The minimum atomic E-state index is -2.89. The second-order valence-corrected chi connectivity index (χ2v) is 8.19. The van der Waals surface area contributed by atoms with Gasteiger partial charge >= 0.3 is 0 Å². The number of hydrogen-bond donors (Lipinski definition) is 1. The molecule has 1 saturated carbocycles. The van der Waals surface area contributed by atoms with Crippen molar-refractivity contribution >= 4 is 9.84 Å². The van der Waals surface area contributed by atoms with Crippen LogP contribution in [-0.4, -0.2) is 50.5 Å². The fourth-order valence-corrected chi connectivity index (χ4v) is 5.11. The van der Waals surface area contributed by atoms with Crippen LogP contribution >= 0.6 is 0 Å². The number of nitrogens with two attached hydrogens (primary N) is 1. The Balaban J connectivity index is 1.93. The smallest absolute Gasteiger partial charge is 0.151 e. The van der Waals surface area contributed by atoms with Gasteiger partial charge in [0.15, 0.2) is 9.84 Å². The zero-order valence-corrected chi connectivity index (χ0v) is 12.2. The first-order valence-corrected chi connectivity index (χ1v) is 9.11. The lowest BCUT2D eigenvalue weighted by Crippen LogP contribution is -2.47. The number of piperidine rings is 1. The molecule has 0 amide bonds. The number of sulfone groups is 1. The molecule has 1 aliphatic carbocycles. The second kappa shape index (κ2) is 5.88. The van der Waals surface area contributed by atoms with E-state index in [2.05, 4.69) is 4.90 Å². The topological polar surface area (TPSA) is 63.4 Å². The van der Waals surface area contributed by atoms with Gasteiger partial charge in [-0.1, -0.05) is 6.42 Å². The summed E-state index contributed by atoms with van der Waals surface area (Å²) in [5, 5.41) is -0.122. The molecule has 106 valence electrons. The summed E-state index contributed by atoms with van der Waals surface area (Å²) in [6.07, 6.45) is 7.86. The largest absolute Gasteiger partial charge is 0.330 e. The average molecular weight is 274 g/mol. The second-order valence-electron chi connectivity index (χ2n) is 5.92. The molecule has 2 fully saturated rings. The minimum absolute atomic E-state index is 0.122. The maximum absolute atomic E-state index is 11.8. The van der Waals surface area contributed by atoms with Gasteiger partial charge in [0.25, 0.3) is 0 Å². The average Bonchev–Trinajstić information content (AvgIpc) is 2.79. The summed E-state index contributed by atoms with van der Waals surface area (Å²) < 4.78 is 23.6. The number of nitrogens with zero attached hydrogens (tertiary/aromatic N) is 1. The highest BCUT2D eigenvalue weighted by Gasteiger charge is 2.39. The van der Waals surface area contributed by atoms with Crippen molar-refractivity contribution in [2.75, 3.05) is 25.9 Å². The maximum Gasteiger partial charge on any atom is 0.151 e. The van der Waals surface area contributed by atoms with Crippen LogP contribution in [0.4, 0.5) is 0 Å². The first-order chi connectivity index (χ1) is 8.52. The van der Waals surface area contributed by atoms with Gasteiger partial charge in [-0.05, 0) is 57.7 Å². The maximum atomic E-state index is 11.8. The Morgan fingerprint density at radius 2 is 1.83 bits per heavy atom. The van der Waals surface area contributed by atoms with Crippen LogP contribution in [0.25, 0.3) is 0 Å². The van der Waals surface area contributed by atoms with Crippen LogP contribution < -0.4 is 5.73 Å². The van der Waals surface area contributed by atoms with Crippen molar-refractivity contribution in [2.45, 2.75) is 49.8 Å². The minimum Gasteiger partial charge on any atom is -0.330 e. The molecule has 2 unspecified atom stereocenters. The molecule has 0 aromatic heterocycles. The summed E-state index contributed by atoms with van der Waals surface area (Å²) in [5.74, 6) is 0.754. The molecule has 0 bridgehead atoms. The Hall–Kier alpha value is -0.130. The Kier molecular flexibility index (Phi) is 4.67. The summed E-state index contributed by atoms with van der Waals surface area (Å²) in [4.78, 5) is 2.42. The van der Waals surface area contributed by atoms with Crippen molar-refractivity contribution in [3.8, 4) is 0 Å². The molecule has 18 heavy (non-hydrogen) atoms. The molecule has 0 spiro atoms. The zero-order valence-electron chi connectivity index (χ0n) is 11.3. The SMILES string of the molecule is CS(=O)(=O)C1CCCC1N1CCC(CCN)CC1. The van der Waals surface area contributed by atoms with Crippen LogP contribution in [0.1, 0.15) is 38.5 Å². The Morgan fingerprint density at radius 1 is 1.17 bits per heavy atom.